The van der Waals surface area contributed by atoms with Crippen LogP contribution in [-0.4, -0.2) is 37.2 Å². The fourth-order valence-corrected chi connectivity index (χ4v) is 3.32. The van der Waals surface area contributed by atoms with E-state index >= 15 is 0 Å². The van der Waals surface area contributed by atoms with Gasteiger partial charge in [-0.1, -0.05) is 24.6 Å². The lowest BCUT2D eigenvalue weighted by Gasteiger charge is -2.34. The van der Waals surface area contributed by atoms with Gasteiger partial charge in [-0.3, -0.25) is 9.58 Å². The zero-order chi connectivity index (χ0) is 16.2. The molecule has 3 aromatic rings. The van der Waals surface area contributed by atoms with Gasteiger partial charge in [0.25, 0.3) is 0 Å². The van der Waals surface area contributed by atoms with Crippen LogP contribution in [0.2, 0.25) is 0 Å². The molecule has 1 aromatic carbocycles. The van der Waals surface area contributed by atoms with Gasteiger partial charge in [0, 0.05) is 18.2 Å². The molecule has 4 rings (SSSR count). The number of likely N-dealkylation sites (tertiary alicyclic amines) is 1. The molecule has 0 amide bonds. The first-order valence-electron chi connectivity index (χ1n) is 8.45. The summed E-state index contributed by atoms with van der Waals surface area (Å²) in [6.45, 7) is 2.78. The molecule has 0 spiro atoms. The van der Waals surface area contributed by atoms with Gasteiger partial charge in [-0.05, 0) is 31.5 Å². The highest BCUT2D eigenvalue weighted by Crippen LogP contribution is 2.23. The number of hydrogen-bond acceptors (Lipinski definition) is 5. The molecule has 1 saturated heterocycles. The molecule has 124 valence electrons. The first-order valence-corrected chi connectivity index (χ1v) is 8.45. The Balaban J connectivity index is 1.46. The Morgan fingerprint density at radius 3 is 2.92 bits per heavy atom. The lowest BCUT2D eigenvalue weighted by molar-refractivity contribution is 0.120. The van der Waals surface area contributed by atoms with E-state index in [9.17, 15) is 0 Å². The zero-order valence-electron chi connectivity index (χ0n) is 13.6. The normalized spacial score (nSPS) is 18.8. The fourth-order valence-electron chi connectivity index (χ4n) is 3.32. The molecule has 1 aliphatic heterocycles. The number of oxazole rings is 1. The molecule has 0 unspecified atom stereocenters. The van der Waals surface area contributed by atoms with E-state index in [0.717, 1.165) is 30.9 Å². The highest BCUT2D eigenvalue weighted by atomic mass is 16.3. The van der Waals surface area contributed by atoms with Gasteiger partial charge in [-0.15, -0.1) is 0 Å². The van der Waals surface area contributed by atoms with Gasteiger partial charge in [0.15, 0.2) is 0 Å². The van der Waals surface area contributed by atoms with Crippen LogP contribution < -0.4 is 0 Å². The first kappa shape index (κ1) is 15.1. The van der Waals surface area contributed by atoms with Crippen molar-refractivity contribution in [3.63, 3.8) is 0 Å². The third-order valence-corrected chi connectivity index (χ3v) is 4.55. The van der Waals surface area contributed by atoms with Gasteiger partial charge in [0.1, 0.15) is 18.9 Å². The van der Waals surface area contributed by atoms with Crippen LogP contribution >= 0.6 is 0 Å². The van der Waals surface area contributed by atoms with Crippen molar-refractivity contribution in [3.8, 4) is 11.5 Å². The number of aromatic nitrogens is 4. The standard InChI is InChI=1S/C18H21N5O/c1-2-6-15(7-3-1)18-21-16(12-24-18)10-22-9-5-4-8-17(22)11-23-14-19-13-20-23/h1-3,6-7,12-14,17H,4-5,8-11H2/t17-/m1/s1. The lowest BCUT2D eigenvalue weighted by Crippen LogP contribution is -2.41. The largest absolute Gasteiger partial charge is 0.444 e. The fraction of sp³-hybridized carbons (Fsp3) is 0.389. The van der Waals surface area contributed by atoms with Crippen LogP contribution in [-0.2, 0) is 13.1 Å². The number of benzene rings is 1. The van der Waals surface area contributed by atoms with Gasteiger partial charge in [-0.2, -0.15) is 5.10 Å². The molecule has 2 aromatic heterocycles. The van der Waals surface area contributed by atoms with Crippen molar-refractivity contribution >= 4 is 0 Å². The van der Waals surface area contributed by atoms with E-state index in [-0.39, 0.29) is 0 Å². The van der Waals surface area contributed by atoms with E-state index in [0.29, 0.717) is 11.9 Å². The van der Waals surface area contributed by atoms with Gasteiger partial charge in [0.2, 0.25) is 5.89 Å². The molecule has 6 heteroatoms. The summed E-state index contributed by atoms with van der Waals surface area (Å²) in [6, 6.07) is 10.5. The van der Waals surface area contributed by atoms with Crippen LogP contribution in [0.5, 0.6) is 0 Å². The second-order valence-corrected chi connectivity index (χ2v) is 6.25. The van der Waals surface area contributed by atoms with E-state index in [1.807, 2.05) is 35.0 Å². The maximum absolute atomic E-state index is 5.67. The van der Waals surface area contributed by atoms with Crippen molar-refractivity contribution in [1.29, 1.82) is 0 Å². The molecule has 0 radical (unpaired) electrons. The molecule has 1 fully saturated rings. The third-order valence-electron chi connectivity index (χ3n) is 4.55. The zero-order valence-corrected chi connectivity index (χ0v) is 13.6. The smallest absolute Gasteiger partial charge is 0.226 e. The molecule has 3 heterocycles. The van der Waals surface area contributed by atoms with Crippen molar-refractivity contribution in [1.82, 2.24) is 24.6 Å². The third kappa shape index (κ3) is 3.38. The monoisotopic (exact) mass is 323 g/mol. The average molecular weight is 323 g/mol. The van der Waals surface area contributed by atoms with Crippen LogP contribution in [0.3, 0.4) is 0 Å². The number of hydrogen-bond donors (Lipinski definition) is 0. The van der Waals surface area contributed by atoms with Crippen molar-refractivity contribution in [2.45, 2.75) is 38.4 Å². The van der Waals surface area contributed by atoms with E-state index in [2.05, 4.69) is 20.0 Å². The summed E-state index contributed by atoms with van der Waals surface area (Å²) in [6.07, 6.45) is 8.85. The summed E-state index contributed by atoms with van der Waals surface area (Å²) in [5.41, 5.74) is 2.00. The second kappa shape index (κ2) is 6.97. The molecule has 1 atom stereocenters. The SMILES string of the molecule is c1ccc(-c2nc(CN3CCCC[C@@H]3Cn3cncn3)co2)cc1. The summed E-state index contributed by atoms with van der Waals surface area (Å²) in [7, 11) is 0. The summed E-state index contributed by atoms with van der Waals surface area (Å²) >= 11 is 0. The minimum atomic E-state index is 0.470. The van der Waals surface area contributed by atoms with Crippen LogP contribution in [0.15, 0.2) is 53.7 Å². The van der Waals surface area contributed by atoms with Crippen LogP contribution in [0, 0.1) is 0 Å². The minimum Gasteiger partial charge on any atom is -0.444 e. The second-order valence-electron chi connectivity index (χ2n) is 6.25. The quantitative estimate of drug-likeness (QED) is 0.722. The van der Waals surface area contributed by atoms with Crippen molar-refractivity contribution in [2.24, 2.45) is 0 Å². The number of piperidine rings is 1. The van der Waals surface area contributed by atoms with Gasteiger partial charge >= 0.3 is 0 Å². The van der Waals surface area contributed by atoms with E-state index in [1.165, 1.54) is 19.3 Å². The lowest BCUT2D eigenvalue weighted by atomic mass is 10.0. The van der Waals surface area contributed by atoms with Gasteiger partial charge in [0.05, 0.1) is 12.2 Å². The van der Waals surface area contributed by atoms with Crippen molar-refractivity contribution < 1.29 is 4.42 Å². The van der Waals surface area contributed by atoms with E-state index < -0.39 is 0 Å². The summed E-state index contributed by atoms with van der Waals surface area (Å²) in [5, 5.41) is 4.24. The Labute approximate surface area is 141 Å². The first-order chi connectivity index (χ1) is 11.9. The van der Waals surface area contributed by atoms with Crippen molar-refractivity contribution in [2.75, 3.05) is 6.54 Å². The molecule has 6 nitrogen and oxygen atoms in total. The van der Waals surface area contributed by atoms with Gasteiger partial charge < -0.3 is 4.42 Å². The topological polar surface area (TPSA) is 60.0 Å². The summed E-state index contributed by atoms with van der Waals surface area (Å²) in [4.78, 5) is 11.2. The number of rotatable bonds is 5. The number of nitrogens with zero attached hydrogens (tertiary/aromatic N) is 5. The molecular formula is C18H21N5O. The van der Waals surface area contributed by atoms with E-state index in [1.54, 1.807) is 18.9 Å². The summed E-state index contributed by atoms with van der Waals surface area (Å²) in [5.74, 6) is 0.690. The maximum atomic E-state index is 5.67. The Bertz CT molecular complexity index is 753. The molecule has 0 saturated carbocycles. The molecule has 1 aliphatic rings. The highest BCUT2D eigenvalue weighted by molar-refractivity contribution is 5.52. The van der Waals surface area contributed by atoms with Crippen molar-refractivity contribution in [3.05, 3.63) is 54.9 Å². The Morgan fingerprint density at radius 1 is 1.17 bits per heavy atom. The molecule has 0 N–H and O–H groups in total. The van der Waals surface area contributed by atoms with Crippen LogP contribution in [0.4, 0.5) is 0 Å². The minimum absolute atomic E-state index is 0.470. The highest BCUT2D eigenvalue weighted by Gasteiger charge is 2.24. The predicted molar refractivity (Wildman–Crippen MR) is 90.0 cm³/mol. The molecular weight excluding hydrogens is 302 g/mol. The molecule has 24 heavy (non-hydrogen) atoms. The Hall–Kier alpha value is -2.47. The van der Waals surface area contributed by atoms with Gasteiger partial charge in [-0.25, -0.2) is 9.97 Å². The van der Waals surface area contributed by atoms with Crippen LogP contribution in [0.1, 0.15) is 25.0 Å². The summed E-state index contributed by atoms with van der Waals surface area (Å²) < 4.78 is 7.59. The Morgan fingerprint density at radius 2 is 2.08 bits per heavy atom. The van der Waals surface area contributed by atoms with Crippen LogP contribution in [0.25, 0.3) is 11.5 Å². The molecule has 0 aliphatic carbocycles. The maximum Gasteiger partial charge on any atom is 0.226 e. The Kier molecular flexibility index (Phi) is 4.38. The predicted octanol–water partition coefficient (Wildman–Crippen LogP) is 2.99. The molecule has 0 bridgehead atoms. The average Bonchev–Trinajstić information content (AvgIpc) is 3.29. The van der Waals surface area contributed by atoms with E-state index in [4.69, 9.17) is 4.42 Å².